The van der Waals surface area contributed by atoms with Gasteiger partial charge in [-0.2, -0.15) is 0 Å². The van der Waals surface area contributed by atoms with Crippen LogP contribution in [0.1, 0.15) is 31.4 Å². The van der Waals surface area contributed by atoms with Gasteiger partial charge in [0.25, 0.3) is 0 Å². The van der Waals surface area contributed by atoms with Crippen molar-refractivity contribution >= 4 is 15.9 Å². The molecule has 0 saturated carbocycles. The second-order valence-corrected chi connectivity index (χ2v) is 4.29. The van der Waals surface area contributed by atoms with Gasteiger partial charge in [-0.3, -0.25) is 0 Å². The number of ether oxygens (including phenoxy) is 1. The fourth-order valence-corrected chi connectivity index (χ4v) is 2.56. The van der Waals surface area contributed by atoms with Gasteiger partial charge in [0.05, 0.1) is 0 Å². The van der Waals surface area contributed by atoms with E-state index in [0.29, 0.717) is 5.92 Å². The van der Waals surface area contributed by atoms with Gasteiger partial charge in [0, 0.05) is 37.6 Å². The van der Waals surface area contributed by atoms with E-state index in [4.69, 9.17) is 4.74 Å². The molecule has 78 valence electrons. The second kappa shape index (κ2) is 4.45. The molecule has 1 saturated heterocycles. The molecule has 14 heavy (non-hydrogen) atoms. The van der Waals surface area contributed by atoms with Gasteiger partial charge in [0.15, 0.2) is 4.73 Å². The number of hydrogen-bond acceptors (Lipinski definition) is 2. The minimum Gasteiger partial charge on any atom is -0.381 e. The zero-order valence-corrected chi connectivity index (χ0v) is 9.96. The number of imidazole rings is 1. The Labute approximate surface area is 92.6 Å². The lowest BCUT2D eigenvalue weighted by Crippen LogP contribution is -2.17. The number of hydrogen-bond donors (Lipinski definition) is 0. The standard InChI is InChI=1S/C10H15BrN2O/c1-2-13-9(7-12-10(13)11)8-3-5-14-6-4-8/h7-8H,2-6H2,1H3. The fourth-order valence-electron chi connectivity index (χ4n) is 2.00. The molecule has 1 aliphatic heterocycles. The Hall–Kier alpha value is -0.350. The lowest BCUT2D eigenvalue weighted by atomic mass is 9.97. The fraction of sp³-hybridized carbons (Fsp3) is 0.700. The zero-order valence-electron chi connectivity index (χ0n) is 8.37. The van der Waals surface area contributed by atoms with Crippen LogP contribution in [0.25, 0.3) is 0 Å². The van der Waals surface area contributed by atoms with E-state index >= 15 is 0 Å². The predicted octanol–water partition coefficient (Wildman–Crippen LogP) is 2.56. The summed E-state index contributed by atoms with van der Waals surface area (Å²) in [6.45, 7) is 4.90. The minimum absolute atomic E-state index is 0.627. The van der Waals surface area contributed by atoms with Gasteiger partial charge in [-0.25, -0.2) is 4.98 Å². The van der Waals surface area contributed by atoms with Gasteiger partial charge in [-0.1, -0.05) is 0 Å². The van der Waals surface area contributed by atoms with E-state index in [2.05, 4.69) is 32.4 Å². The van der Waals surface area contributed by atoms with Crippen molar-refractivity contribution < 1.29 is 4.74 Å². The summed E-state index contributed by atoms with van der Waals surface area (Å²) in [6.07, 6.45) is 4.24. The Morgan fingerprint density at radius 2 is 2.29 bits per heavy atom. The van der Waals surface area contributed by atoms with Crippen molar-refractivity contribution in [1.29, 1.82) is 0 Å². The Balaban J connectivity index is 2.21. The van der Waals surface area contributed by atoms with Crippen molar-refractivity contribution in [2.75, 3.05) is 13.2 Å². The van der Waals surface area contributed by atoms with Crippen LogP contribution in [-0.2, 0) is 11.3 Å². The number of aromatic nitrogens is 2. The first-order chi connectivity index (χ1) is 6.83. The molecule has 3 nitrogen and oxygen atoms in total. The van der Waals surface area contributed by atoms with Gasteiger partial charge in [-0.15, -0.1) is 0 Å². The molecule has 2 rings (SSSR count). The summed E-state index contributed by atoms with van der Waals surface area (Å²) in [6, 6.07) is 0. The zero-order chi connectivity index (χ0) is 9.97. The predicted molar refractivity (Wildman–Crippen MR) is 58.4 cm³/mol. The number of halogens is 1. The molecule has 0 amide bonds. The molecule has 1 aliphatic rings. The third kappa shape index (κ3) is 1.86. The molecule has 0 bridgehead atoms. The quantitative estimate of drug-likeness (QED) is 0.816. The maximum atomic E-state index is 5.36. The van der Waals surface area contributed by atoms with Crippen molar-refractivity contribution in [2.24, 2.45) is 0 Å². The average molecular weight is 259 g/mol. The largest absolute Gasteiger partial charge is 0.381 e. The average Bonchev–Trinajstić information content (AvgIpc) is 2.61. The van der Waals surface area contributed by atoms with E-state index in [1.165, 1.54) is 5.69 Å². The highest BCUT2D eigenvalue weighted by molar-refractivity contribution is 9.10. The van der Waals surface area contributed by atoms with Crippen molar-refractivity contribution in [3.05, 3.63) is 16.6 Å². The summed E-state index contributed by atoms with van der Waals surface area (Å²) in [7, 11) is 0. The van der Waals surface area contributed by atoms with E-state index in [0.717, 1.165) is 37.3 Å². The molecule has 0 aliphatic carbocycles. The van der Waals surface area contributed by atoms with Crippen LogP contribution >= 0.6 is 15.9 Å². The van der Waals surface area contributed by atoms with Gasteiger partial charge in [0.2, 0.25) is 0 Å². The van der Waals surface area contributed by atoms with Crippen LogP contribution in [-0.4, -0.2) is 22.8 Å². The highest BCUT2D eigenvalue weighted by atomic mass is 79.9. The Morgan fingerprint density at radius 1 is 1.57 bits per heavy atom. The summed E-state index contributed by atoms with van der Waals surface area (Å²) in [5.41, 5.74) is 1.35. The Kier molecular flexibility index (Phi) is 3.23. The molecule has 1 fully saturated rings. The molecular weight excluding hydrogens is 244 g/mol. The van der Waals surface area contributed by atoms with Gasteiger partial charge >= 0.3 is 0 Å². The van der Waals surface area contributed by atoms with E-state index in [-0.39, 0.29) is 0 Å². The van der Waals surface area contributed by atoms with Crippen molar-refractivity contribution in [1.82, 2.24) is 9.55 Å². The monoisotopic (exact) mass is 258 g/mol. The summed E-state index contributed by atoms with van der Waals surface area (Å²) < 4.78 is 8.54. The molecular formula is C10H15BrN2O. The lowest BCUT2D eigenvalue weighted by Gasteiger charge is -2.22. The molecule has 0 spiro atoms. The molecule has 0 aromatic carbocycles. The van der Waals surface area contributed by atoms with Crippen LogP contribution in [0.3, 0.4) is 0 Å². The highest BCUT2D eigenvalue weighted by Crippen LogP contribution is 2.28. The van der Waals surface area contributed by atoms with E-state index < -0.39 is 0 Å². The summed E-state index contributed by atoms with van der Waals surface area (Å²) >= 11 is 3.46. The summed E-state index contributed by atoms with van der Waals surface area (Å²) in [4.78, 5) is 4.30. The van der Waals surface area contributed by atoms with Crippen molar-refractivity contribution in [3.63, 3.8) is 0 Å². The Bertz CT molecular complexity index is 305. The van der Waals surface area contributed by atoms with Gasteiger partial charge in [0.1, 0.15) is 0 Å². The summed E-state index contributed by atoms with van der Waals surface area (Å²) in [5, 5.41) is 0. The van der Waals surface area contributed by atoms with Crippen LogP contribution in [0.15, 0.2) is 10.9 Å². The number of nitrogens with zero attached hydrogens (tertiary/aromatic N) is 2. The van der Waals surface area contributed by atoms with Crippen molar-refractivity contribution in [3.8, 4) is 0 Å². The molecule has 0 atom stereocenters. The molecule has 0 N–H and O–H groups in total. The minimum atomic E-state index is 0.627. The van der Waals surface area contributed by atoms with Gasteiger partial charge < -0.3 is 9.30 Å². The normalized spacial score (nSPS) is 18.7. The van der Waals surface area contributed by atoms with E-state index in [1.807, 2.05) is 6.20 Å². The first-order valence-corrected chi connectivity index (χ1v) is 5.91. The van der Waals surface area contributed by atoms with Gasteiger partial charge in [-0.05, 0) is 35.7 Å². The van der Waals surface area contributed by atoms with E-state index in [1.54, 1.807) is 0 Å². The van der Waals surface area contributed by atoms with Crippen LogP contribution < -0.4 is 0 Å². The second-order valence-electron chi connectivity index (χ2n) is 3.58. The smallest absolute Gasteiger partial charge is 0.177 e. The maximum absolute atomic E-state index is 5.36. The van der Waals surface area contributed by atoms with Crippen LogP contribution in [0.4, 0.5) is 0 Å². The Morgan fingerprint density at radius 3 is 2.93 bits per heavy atom. The van der Waals surface area contributed by atoms with E-state index in [9.17, 15) is 0 Å². The SMILES string of the molecule is CCn1c(C2CCOCC2)cnc1Br. The topological polar surface area (TPSA) is 27.1 Å². The first kappa shape index (κ1) is 10.2. The van der Waals surface area contributed by atoms with Crippen molar-refractivity contribution in [2.45, 2.75) is 32.2 Å². The van der Waals surface area contributed by atoms with Crippen LogP contribution in [0, 0.1) is 0 Å². The third-order valence-corrected chi connectivity index (χ3v) is 3.43. The molecule has 2 heterocycles. The third-order valence-electron chi connectivity index (χ3n) is 2.79. The molecule has 0 radical (unpaired) electrons. The molecule has 4 heteroatoms. The molecule has 1 aromatic heterocycles. The number of rotatable bonds is 2. The lowest BCUT2D eigenvalue weighted by molar-refractivity contribution is 0.0837. The maximum Gasteiger partial charge on any atom is 0.177 e. The van der Waals surface area contributed by atoms with Crippen LogP contribution in [0.2, 0.25) is 0 Å². The highest BCUT2D eigenvalue weighted by Gasteiger charge is 2.20. The first-order valence-electron chi connectivity index (χ1n) is 5.11. The molecule has 1 aromatic rings. The summed E-state index contributed by atoms with van der Waals surface area (Å²) in [5.74, 6) is 0.627. The van der Waals surface area contributed by atoms with Crippen LogP contribution in [0.5, 0.6) is 0 Å². The molecule has 0 unspecified atom stereocenters.